The van der Waals surface area contributed by atoms with Gasteiger partial charge < -0.3 is 14.8 Å². The lowest BCUT2D eigenvalue weighted by molar-refractivity contribution is -0.119. The number of hydrogen-bond donors (Lipinski definition) is 1. The minimum atomic E-state index is -0.607. The molecule has 0 fully saturated rings. The zero-order valence-electron chi connectivity index (χ0n) is 14.7. The molecule has 0 bridgehead atoms. The molecule has 0 aliphatic rings. The van der Waals surface area contributed by atoms with Crippen LogP contribution in [0.4, 0.5) is 5.69 Å². The molecule has 0 radical (unpaired) electrons. The van der Waals surface area contributed by atoms with Gasteiger partial charge in [-0.25, -0.2) is 9.48 Å². The summed E-state index contributed by atoms with van der Waals surface area (Å²) in [5.74, 6) is -0.541. The second kappa shape index (κ2) is 8.09. The second-order valence-corrected chi connectivity index (χ2v) is 5.63. The summed E-state index contributed by atoms with van der Waals surface area (Å²) in [6.07, 6.45) is 1.44. The molecule has 3 rings (SSSR count). The molecule has 1 amide bonds. The molecule has 0 atom stereocenters. The molecular weight excluding hydrogens is 350 g/mol. The van der Waals surface area contributed by atoms with Gasteiger partial charge in [-0.1, -0.05) is 6.07 Å². The number of benzene rings is 2. The van der Waals surface area contributed by atoms with E-state index in [4.69, 9.17) is 9.47 Å². The Morgan fingerprint density at radius 2 is 1.93 bits per heavy atom. The van der Waals surface area contributed by atoms with Crippen molar-refractivity contribution < 1.29 is 19.1 Å². The molecule has 9 heteroatoms. The van der Waals surface area contributed by atoms with Crippen molar-refractivity contribution in [2.75, 3.05) is 19.0 Å². The molecule has 138 valence electrons. The molecule has 0 spiro atoms. The van der Waals surface area contributed by atoms with Crippen LogP contribution in [0.25, 0.3) is 5.69 Å². The number of methoxy groups -OCH3 is 1. The Balaban J connectivity index is 1.57. The van der Waals surface area contributed by atoms with E-state index < -0.39 is 18.5 Å². The van der Waals surface area contributed by atoms with Gasteiger partial charge in [0, 0.05) is 0 Å². The van der Waals surface area contributed by atoms with Crippen LogP contribution < -0.4 is 10.1 Å². The van der Waals surface area contributed by atoms with Crippen molar-refractivity contribution >= 4 is 17.6 Å². The molecule has 3 aromatic rings. The van der Waals surface area contributed by atoms with Gasteiger partial charge in [0.05, 0.1) is 24.0 Å². The van der Waals surface area contributed by atoms with Crippen molar-refractivity contribution in [2.45, 2.75) is 6.92 Å². The summed E-state index contributed by atoms with van der Waals surface area (Å²) >= 11 is 0. The van der Waals surface area contributed by atoms with E-state index in [1.165, 1.54) is 18.1 Å². The van der Waals surface area contributed by atoms with Gasteiger partial charge in [0.15, 0.2) is 6.61 Å². The maximum Gasteiger partial charge on any atom is 0.338 e. The van der Waals surface area contributed by atoms with Gasteiger partial charge in [-0.05, 0) is 59.3 Å². The molecule has 9 nitrogen and oxygen atoms in total. The summed E-state index contributed by atoms with van der Waals surface area (Å²) in [6.45, 7) is 1.48. The minimum absolute atomic E-state index is 0.313. The first-order valence-corrected chi connectivity index (χ1v) is 8.02. The highest BCUT2D eigenvalue weighted by atomic mass is 16.5. The lowest BCUT2D eigenvalue weighted by Gasteiger charge is -2.11. The van der Waals surface area contributed by atoms with Crippen molar-refractivity contribution in [3.05, 3.63) is 59.9 Å². The number of esters is 1. The molecule has 0 aliphatic carbocycles. The van der Waals surface area contributed by atoms with Crippen LogP contribution in [0.15, 0.2) is 48.8 Å². The highest BCUT2D eigenvalue weighted by Crippen LogP contribution is 2.25. The fourth-order valence-corrected chi connectivity index (χ4v) is 2.35. The Morgan fingerprint density at radius 3 is 2.59 bits per heavy atom. The summed E-state index contributed by atoms with van der Waals surface area (Å²) in [5.41, 5.74) is 2.49. The summed E-state index contributed by atoms with van der Waals surface area (Å²) < 4.78 is 11.7. The van der Waals surface area contributed by atoms with Crippen LogP contribution in [-0.2, 0) is 9.53 Å². The van der Waals surface area contributed by atoms with Crippen LogP contribution in [0.5, 0.6) is 5.75 Å². The Labute approximate surface area is 154 Å². The predicted octanol–water partition coefficient (Wildman–Crippen LogP) is 1.77. The number of rotatable bonds is 6. The average Bonchev–Trinajstić information content (AvgIpc) is 3.21. The maximum absolute atomic E-state index is 12.1. The zero-order chi connectivity index (χ0) is 19.2. The lowest BCUT2D eigenvalue weighted by Crippen LogP contribution is -2.21. The van der Waals surface area contributed by atoms with Crippen molar-refractivity contribution in [2.24, 2.45) is 0 Å². The Morgan fingerprint density at radius 1 is 1.15 bits per heavy atom. The monoisotopic (exact) mass is 367 g/mol. The highest BCUT2D eigenvalue weighted by Gasteiger charge is 2.12. The molecule has 1 heterocycles. The maximum atomic E-state index is 12.1. The third kappa shape index (κ3) is 4.46. The Bertz CT molecular complexity index is 939. The number of hydrogen-bond acceptors (Lipinski definition) is 7. The number of carbonyl (C=O) groups excluding carboxylic acids is 2. The molecule has 27 heavy (non-hydrogen) atoms. The van der Waals surface area contributed by atoms with Gasteiger partial charge in [0.25, 0.3) is 5.91 Å². The second-order valence-electron chi connectivity index (χ2n) is 5.63. The van der Waals surface area contributed by atoms with Gasteiger partial charge >= 0.3 is 5.97 Å². The van der Waals surface area contributed by atoms with Crippen molar-refractivity contribution in [3.8, 4) is 11.4 Å². The average molecular weight is 367 g/mol. The molecule has 0 saturated carbocycles. The Kier molecular flexibility index (Phi) is 5.41. The third-order valence-corrected chi connectivity index (χ3v) is 3.68. The summed E-state index contributed by atoms with van der Waals surface area (Å²) in [7, 11) is 1.51. The topological polar surface area (TPSA) is 108 Å². The van der Waals surface area contributed by atoms with Gasteiger partial charge in [-0.2, -0.15) is 0 Å². The largest absolute Gasteiger partial charge is 0.495 e. The quantitative estimate of drug-likeness (QED) is 0.662. The standard InChI is InChI=1S/C18H17N5O4/c1-12-3-8-16(26-2)15(9-12)20-17(24)10-27-18(25)13-4-6-14(7-5-13)23-11-19-21-22-23/h3-9,11H,10H2,1-2H3,(H,20,24). The predicted molar refractivity (Wildman–Crippen MR) is 95.8 cm³/mol. The summed E-state index contributed by atoms with van der Waals surface area (Å²) in [4.78, 5) is 24.2. The fraction of sp³-hybridized carbons (Fsp3) is 0.167. The first kappa shape index (κ1) is 18.1. The van der Waals surface area contributed by atoms with Gasteiger partial charge in [0.1, 0.15) is 12.1 Å². The minimum Gasteiger partial charge on any atom is -0.495 e. The molecule has 1 N–H and O–H groups in total. The number of ether oxygens (including phenoxy) is 2. The van der Waals surface area contributed by atoms with Crippen LogP contribution in [0.1, 0.15) is 15.9 Å². The van der Waals surface area contributed by atoms with E-state index in [0.717, 1.165) is 5.56 Å². The first-order chi connectivity index (χ1) is 13.1. The highest BCUT2D eigenvalue weighted by molar-refractivity contribution is 5.96. The number of nitrogens with zero attached hydrogens (tertiary/aromatic N) is 4. The number of nitrogens with one attached hydrogen (secondary N) is 1. The van der Waals surface area contributed by atoms with E-state index >= 15 is 0 Å². The van der Waals surface area contributed by atoms with E-state index in [0.29, 0.717) is 22.7 Å². The van der Waals surface area contributed by atoms with Crippen LogP contribution in [-0.4, -0.2) is 45.8 Å². The number of amides is 1. The lowest BCUT2D eigenvalue weighted by atomic mass is 10.2. The smallest absolute Gasteiger partial charge is 0.338 e. The van der Waals surface area contributed by atoms with Gasteiger partial charge in [-0.15, -0.1) is 5.10 Å². The van der Waals surface area contributed by atoms with Gasteiger partial charge in [0.2, 0.25) is 0 Å². The summed E-state index contributed by atoms with van der Waals surface area (Å²) in [5, 5.41) is 13.5. The number of carbonyl (C=O) groups is 2. The molecular formula is C18H17N5O4. The van der Waals surface area contributed by atoms with Crippen molar-refractivity contribution in [3.63, 3.8) is 0 Å². The number of aromatic nitrogens is 4. The van der Waals surface area contributed by atoms with E-state index in [1.807, 2.05) is 13.0 Å². The fourth-order valence-electron chi connectivity index (χ4n) is 2.35. The molecule has 0 aliphatic heterocycles. The van der Waals surface area contributed by atoms with E-state index in [9.17, 15) is 9.59 Å². The first-order valence-electron chi connectivity index (χ1n) is 8.02. The number of anilines is 1. The third-order valence-electron chi connectivity index (χ3n) is 3.68. The number of tetrazole rings is 1. The normalized spacial score (nSPS) is 10.3. The van der Waals surface area contributed by atoms with Gasteiger partial charge in [-0.3, -0.25) is 4.79 Å². The van der Waals surface area contributed by atoms with E-state index in [1.54, 1.807) is 36.4 Å². The van der Waals surface area contributed by atoms with Crippen molar-refractivity contribution in [1.82, 2.24) is 20.2 Å². The Hall–Kier alpha value is -3.75. The van der Waals surface area contributed by atoms with E-state index in [-0.39, 0.29) is 0 Å². The molecule has 0 saturated heterocycles. The van der Waals surface area contributed by atoms with E-state index in [2.05, 4.69) is 20.8 Å². The molecule has 0 unspecified atom stereocenters. The zero-order valence-corrected chi connectivity index (χ0v) is 14.7. The van der Waals surface area contributed by atoms with Crippen LogP contribution >= 0.6 is 0 Å². The molecule has 1 aromatic heterocycles. The SMILES string of the molecule is COc1ccc(C)cc1NC(=O)COC(=O)c1ccc(-n2cnnn2)cc1. The van der Waals surface area contributed by atoms with Crippen LogP contribution in [0, 0.1) is 6.92 Å². The summed E-state index contributed by atoms with van der Waals surface area (Å²) in [6, 6.07) is 11.9. The van der Waals surface area contributed by atoms with Crippen molar-refractivity contribution in [1.29, 1.82) is 0 Å². The molecule has 2 aromatic carbocycles. The van der Waals surface area contributed by atoms with Crippen LogP contribution in [0.3, 0.4) is 0 Å². The van der Waals surface area contributed by atoms with Crippen LogP contribution in [0.2, 0.25) is 0 Å². The number of aryl methyl sites for hydroxylation is 1.